The lowest BCUT2D eigenvalue weighted by Crippen LogP contribution is -2.25. The highest BCUT2D eigenvalue weighted by Gasteiger charge is 2.51. The molecule has 0 aliphatic heterocycles. The van der Waals surface area contributed by atoms with E-state index in [1.54, 1.807) is 0 Å². The molecule has 0 saturated heterocycles. The quantitative estimate of drug-likeness (QED) is 0.155. The van der Waals surface area contributed by atoms with Gasteiger partial charge in [0, 0.05) is 0 Å². The Morgan fingerprint density at radius 3 is 1.02 bits per heavy atom. The van der Waals surface area contributed by atoms with Crippen molar-refractivity contribution in [3.05, 3.63) is 265 Å². The summed E-state index contributed by atoms with van der Waals surface area (Å²) in [5.74, 6) is 0. The van der Waals surface area contributed by atoms with Gasteiger partial charge in [-0.25, -0.2) is 0 Å². The van der Waals surface area contributed by atoms with Crippen LogP contribution in [-0.4, -0.2) is 0 Å². The molecule has 0 fully saturated rings. The van der Waals surface area contributed by atoms with Gasteiger partial charge in [0.1, 0.15) is 0 Å². The van der Waals surface area contributed by atoms with E-state index in [4.69, 9.17) is 0 Å². The van der Waals surface area contributed by atoms with Gasteiger partial charge in [-0.2, -0.15) is 0 Å². The van der Waals surface area contributed by atoms with E-state index in [1.807, 2.05) is 0 Å². The molecule has 2 aliphatic rings. The lowest BCUT2D eigenvalue weighted by Gasteiger charge is -2.31. The van der Waals surface area contributed by atoms with E-state index in [-0.39, 0.29) is 0 Å². The normalized spacial score (nSPS) is 13.0. The van der Waals surface area contributed by atoms with Crippen LogP contribution in [0.3, 0.4) is 0 Å². The highest BCUT2D eigenvalue weighted by Crippen LogP contribution is 2.64. The third-order valence-corrected chi connectivity index (χ3v) is 14.7. The summed E-state index contributed by atoms with van der Waals surface area (Å²) >= 11 is 0. The molecule has 0 saturated carbocycles. The lowest BCUT2D eigenvalue weighted by molar-refractivity contribution is 0.795. The van der Waals surface area contributed by atoms with Crippen LogP contribution in [0.2, 0.25) is 0 Å². The molecule has 300 valence electrons. The number of benzene rings is 12. The topological polar surface area (TPSA) is 0 Å². The Kier molecular flexibility index (Phi) is 7.71. The van der Waals surface area contributed by atoms with E-state index in [9.17, 15) is 0 Å². The van der Waals surface area contributed by atoms with Crippen molar-refractivity contribution in [1.82, 2.24) is 0 Å². The maximum Gasteiger partial charge on any atom is 0.0725 e. The molecule has 0 radical (unpaired) electrons. The third kappa shape index (κ3) is 5.08. The van der Waals surface area contributed by atoms with Crippen LogP contribution in [0, 0.1) is 0 Å². The van der Waals surface area contributed by atoms with Crippen molar-refractivity contribution in [2.45, 2.75) is 5.41 Å². The zero-order chi connectivity index (χ0) is 42.6. The van der Waals surface area contributed by atoms with Crippen molar-refractivity contribution in [3.63, 3.8) is 0 Å². The van der Waals surface area contributed by atoms with Crippen molar-refractivity contribution >= 4 is 43.1 Å². The summed E-state index contributed by atoms with van der Waals surface area (Å²) in [4.78, 5) is 0. The summed E-state index contributed by atoms with van der Waals surface area (Å²) in [5, 5.41) is 10.1. The molecule has 0 unspecified atom stereocenters. The predicted molar refractivity (Wildman–Crippen MR) is 275 cm³/mol. The van der Waals surface area contributed by atoms with Gasteiger partial charge in [-0.15, -0.1) is 0 Å². The monoisotopic (exact) mass is 820 g/mol. The zero-order valence-electron chi connectivity index (χ0n) is 35.6. The molecule has 0 atom stereocenters. The second-order valence-electron chi connectivity index (χ2n) is 17.8. The Labute approximate surface area is 378 Å². The Hall–Kier alpha value is -8.32. The largest absolute Gasteiger partial charge is 0.0725 e. The third-order valence-electron chi connectivity index (χ3n) is 14.7. The highest BCUT2D eigenvalue weighted by atomic mass is 14.5. The SMILES string of the molecule is c1ccc2c(c1)-c1ccccc1C21c2ccccc2-c2cc3c(-c4ccc(-c5cccc6ccccc56)cc4)c4ccccc4c(-c4ccc(-c5cccc6ccccc56)cc4)c3cc21. The molecule has 12 aromatic carbocycles. The molecule has 0 bridgehead atoms. The lowest BCUT2D eigenvalue weighted by atomic mass is 9.70. The first-order valence-electron chi connectivity index (χ1n) is 22.7. The highest BCUT2D eigenvalue weighted by molar-refractivity contribution is 6.23. The van der Waals surface area contributed by atoms with Crippen LogP contribution in [0.25, 0.3) is 110 Å². The average Bonchev–Trinajstić information content (AvgIpc) is 3.84. The van der Waals surface area contributed by atoms with Gasteiger partial charge in [-0.1, -0.05) is 231 Å². The van der Waals surface area contributed by atoms with Crippen LogP contribution in [0.4, 0.5) is 0 Å². The van der Waals surface area contributed by atoms with Crippen molar-refractivity contribution in [3.8, 4) is 66.8 Å². The van der Waals surface area contributed by atoms with E-state index in [0.717, 1.165) is 0 Å². The van der Waals surface area contributed by atoms with E-state index >= 15 is 0 Å². The van der Waals surface area contributed by atoms with Gasteiger partial charge < -0.3 is 0 Å². The molecule has 0 aromatic heterocycles. The maximum absolute atomic E-state index is 2.60. The number of fused-ring (bicyclic) bond motifs is 14. The second kappa shape index (κ2) is 13.8. The van der Waals surface area contributed by atoms with Crippen LogP contribution in [0.1, 0.15) is 22.3 Å². The molecule has 0 heterocycles. The van der Waals surface area contributed by atoms with Gasteiger partial charge in [-0.05, 0) is 144 Å². The minimum absolute atomic E-state index is 0.450. The van der Waals surface area contributed by atoms with Gasteiger partial charge >= 0.3 is 0 Å². The van der Waals surface area contributed by atoms with E-state index in [2.05, 4.69) is 243 Å². The fourth-order valence-electron chi connectivity index (χ4n) is 12.0. The minimum Gasteiger partial charge on any atom is -0.0619 e. The Morgan fingerprint density at radius 2 is 0.538 bits per heavy atom. The molecule has 12 aromatic rings. The number of hydrogen-bond donors (Lipinski definition) is 0. The van der Waals surface area contributed by atoms with Crippen molar-refractivity contribution in [2.75, 3.05) is 0 Å². The smallest absolute Gasteiger partial charge is 0.0619 e. The zero-order valence-corrected chi connectivity index (χ0v) is 35.6. The fraction of sp³-hybridized carbons (Fsp3) is 0.0154. The molecule has 0 nitrogen and oxygen atoms in total. The molecule has 2 aliphatic carbocycles. The van der Waals surface area contributed by atoms with E-state index in [1.165, 1.54) is 132 Å². The van der Waals surface area contributed by atoms with Crippen LogP contribution in [-0.2, 0) is 5.41 Å². The summed E-state index contributed by atoms with van der Waals surface area (Å²) < 4.78 is 0. The molecule has 65 heavy (non-hydrogen) atoms. The van der Waals surface area contributed by atoms with Crippen LogP contribution in [0.15, 0.2) is 243 Å². The minimum atomic E-state index is -0.450. The second-order valence-corrected chi connectivity index (χ2v) is 17.8. The predicted octanol–water partition coefficient (Wildman–Crippen LogP) is 17.3. The van der Waals surface area contributed by atoms with Crippen LogP contribution >= 0.6 is 0 Å². The van der Waals surface area contributed by atoms with Gasteiger partial charge in [0.25, 0.3) is 0 Å². The molecule has 0 heteroatoms. The first-order valence-corrected chi connectivity index (χ1v) is 22.7. The van der Waals surface area contributed by atoms with Crippen molar-refractivity contribution in [1.29, 1.82) is 0 Å². The van der Waals surface area contributed by atoms with Crippen LogP contribution < -0.4 is 0 Å². The summed E-state index contributed by atoms with van der Waals surface area (Å²) in [6.45, 7) is 0. The Balaban J connectivity index is 1.07. The van der Waals surface area contributed by atoms with Gasteiger partial charge in [0.2, 0.25) is 0 Å². The average molecular weight is 821 g/mol. The Morgan fingerprint density at radius 1 is 0.200 bits per heavy atom. The number of rotatable bonds is 4. The summed E-state index contributed by atoms with van der Waals surface area (Å²) in [6.07, 6.45) is 0. The van der Waals surface area contributed by atoms with Crippen molar-refractivity contribution in [2.24, 2.45) is 0 Å². The van der Waals surface area contributed by atoms with Gasteiger partial charge in [0.05, 0.1) is 5.41 Å². The molecule has 14 rings (SSSR count). The molecular weight excluding hydrogens is 781 g/mol. The van der Waals surface area contributed by atoms with Gasteiger partial charge in [-0.3, -0.25) is 0 Å². The molecule has 1 spiro atoms. The summed E-state index contributed by atoms with van der Waals surface area (Å²) in [6, 6.07) is 91.0. The number of hydrogen-bond acceptors (Lipinski definition) is 0. The first-order chi connectivity index (χ1) is 32.3. The Bertz CT molecular complexity index is 3870. The van der Waals surface area contributed by atoms with Crippen molar-refractivity contribution < 1.29 is 0 Å². The summed E-state index contributed by atoms with van der Waals surface area (Å²) in [5.41, 5.74) is 20.1. The van der Waals surface area contributed by atoms with E-state index < -0.39 is 5.41 Å². The summed E-state index contributed by atoms with van der Waals surface area (Å²) in [7, 11) is 0. The molecule has 0 amide bonds. The van der Waals surface area contributed by atoms with Gasteiger partial charge in [0.15, 0.2) is 0 Å². The van der Waals surface area contributed by atoms with Crippen LogP contribution in [0.5, 0.6) is 0 Å². The first kappa shape index (κ1) is 36.2. The molecule has 0 N–H and O–H groups in total. The standard InChI is InChI=1S/C65H40/c1-3-19-47-41(15-1)17-13-26-49(47)43-31-35-45(36-32-43)63-54-24-5-6-25-55(54)64(46-37-33-44(34-38-46)50-27-14-18-42-16-2-4-20-48(42)50)58-40-62-56(39-57(58)63)53-23-9-12-30-61(53)65(62)59-28-10-7-21-51(59)52-22-8-11-29-60(52)65/h1-40H. The van der Waals surface area contributed by atoms with E-state index in [0.29, 0.717) is 0 Å². The maximum atomic E-state index is 2.60. The molecular formula is C65H40. The fourth-order valence-corrected chi connectivity index (χ4v) is 12.0.